The monoisotopic (exact) mass is 222 g/mol. The van der Waals surface area contributed by atoms with E-state index < -0.39 is 0 Å². The van der Waals surface area contributed by atoms with Gasteiger partial charge in [0.15, 0.2) is 0 Å². The smallest absolute Gasteiger partial charge is 0.0116 e. The van der Waals surface area contributed by atoms with Crippen molar-refractivity contribution in [1.29, 1.82) is 0 Å². The summed E-state index contributed by atoms with van der Waals surface area (Å²) in [7, 11) is 0. The van der Waals surface area contributed by atoms with Gasteiger partial charge in [0.25, 0.3) is 0 Å². The molecule has 0 aliphatic heterocycles. The SMILES string of the molecule is CC(C)(C1=CC=CC1)C1C=Cc2ccccc21. The van der Waals surface area contributed by atoms with Crippen LogP contribution in [0.4, 0.5) is 0 Å². The molecule has 1 aromatic carbocycles. The molecule has 0 saturated heterocycles. The lowest BCUT2D eigenvalue weighted by atomic mass is 9.70. The van der Waals surface area contributed by atoms with Gasteiger partial charge in [-0.1, -0.05) is 74.1 Å². The van der Waals surface area contributed by atoms with E-state index in [-0.39, 0.29) is 5.41 Å². The van der Waals surface area contributed by atoms with Gasteiger partial charge in [0.1, 0.15) is 0 Å². The second-order valence-corrected chi connectivity index (χ2v) is 5.51. The average Bonchev–Trinajstić information content (AvgIpc) is 2.99. The number of hydrogen-bond donors (Lipinski definition) is 0. The number of rotatable bonds is 2. The Morgan fingerprint density at radius 1 is 1.18 bits per heavy atom. The maximum absolute atomic E-state index is 2.36. The Bertz CT molecular complexity index is 527. The second-order valence-electron chi connectivity index (χ2n) is 5.51. The summed E-state index contributed by atoms with van der Waals surface area (Å²) in [5.41, 5.74) is 4.62. The third kappa shape index (κ3) is 1.59. The van der Waals surface area contributed by atoms with Crippen molar-refractivity contribution >= 4 is 6.08 Å². The number of fused-ring (bicyclic) bond motifs is 1. The van der Waals surface area contributed by atoms with E-state index >= 15 is 0 Å². The molecule has 0 N–H and O–H groups in total. The standard InChI is InChI=1S/C17H18/c1-17(2,14-8-4-5-9-14)16-12-11-13-7-3-6-10-15(13)16/h3-8,10-12,16H,9H2,1-2H3. The Labute approximate surface area is 103 Å². The number of hydrogen-bond acceptors (Lipinski definition) is 0. The minimum Gasteiger partial charge on any atom is -0.0804 e. The lowest BCUT2D eigenvalue weighted by Crippen LogP contribution is -2.22. The Morgan fingerprint density at radius 3 is 2.76 bits per heavy atom. The van der Waals surface area contributed by atoms with E-state index in [0.717, 1.165) is 6.42 Å². The van der Waals surface area contributed by atoms with Crippen LogP contribution >= 0.6 is 0 Å². The fourth-order valence-electron chi connectivity index (χ4n) is 3.00. The van der Waals surface area contributed by atoms with Gasteiger partial charge in [-0.05, 0) is 23.0 Å². The van der Waals surface area contributed by atoms with E-state index in [2.05, 4.69) is 68.5 Å². The summed E-state index contributed by atoms with van der Waals surface area (Å²) in [4.78, 5) is 0. The van der Waals surface area contributed by atoms with Crippen LogP contribution in [0.3, 0.4) is 0 Å². The molecule has 1 atom stereocenters. The van der Waals surface area contributed by atoms with Crippen LogP contribution < -0.4 is 0 Å². The van der Waals surface area contributed by atoms with Gasteiger partial charge >= 0.3 is 0 Å². The molecule has 3 rings (SSSR count). The molecule has 0 bridgehead atoms. The van der Waals surface area contributed by atoms with Gasteiger partial charge in [0.2, 0.25) is 0 Å². The van der Waals surface area contributed by atoms with Crippen molar-refractivity contribution in [3.8, 4) is 0 Å². The molecule has 2 aliphatic carbocycles. The Kier molecular flexibility index (Phi) is 2.32. The second kappa shape index (κ2) is 3.73. The summed E-state index contributed by atoms with van der Waals surface area (Å²) in [6.07, 6.45) is 12.5. The zero-order valence-electron chi connectivity index (χ0n) is 10.5. The molecule has 0 fully saturated rings. The van der Waals surface area contributed by atoms with Gasteiger partial charge in [0, 0.05) is 5.92 Å². The van der Waals surface area contributed by atoms with Crippen molar-refractivity contribution in [2.24, 2.45) is 5.41 Å². The molecular formula is C17H18. The molecule has 1 aromatic rings. The van der Waals surface area contributed by atoms with Crippen molar-refractivity contribution in [3.63, 3.8) is 0 Å². The van der Waals surface area contributed by atoms with Crippen molar-refractivity contribution in [3.05, 3.63) is 65.3 Å². The van der Waals surface area contributed by atoms with Crippen molar-refractivity contribution in [1.82, 2.24) is 0 Å². The predicted octanol–water partition coefficient (Wildman–Crippen LogP) is 4.71. The third-order valence-corrected chi connectivity index (χ3v) is 4.18. The molecule has 0 saturated carbocycles. The van der Waals surface area contributed by atoms with Gasteiger partial charge in [-0.15, -0.1) is 0 Å². The molecule has 0 radical (unpaired) electrons. The van der Waals surface area contributed by atoms with Crippen LogP contribution in [0.15, 0.2) is 54.1 Å². The topological polar surface area (TPSA) is 0 Å². The fourth-order valence-corrected chi connectivity index (χ4v) is 3.00. The highest BCUT2D eigenvalue weighted by molar-refractivity contribution is 5.63. The summed E-state index contributed by atoms with van der Waals surface area (Å²) in [5.74, 6) is 0.518. The highest BCUT2D eigenvalue weighted by atomic mass is 14.4. The zero-order valence-corrected chi connectivity index (χ0v) is 10.5. The quantitative estimate of drug-likeness (QED) is 0.679. The normalized spacial score (nSPS) is 21.8. The lowest BCUT2D eigenvalue weighted by molar-refractivity contribution is 0.395. The van der Waals surface area contributed by atoms with Gasteiger partial charge in [-0.2, -0.15) is 0 Å². The predicted molar refractivity (Wildman–Crippen MR) is 73.8 cm³/mol. The summed E-state index contributed by atoms with van der Waals surface area (Å²) in [5, 5.41) is 0. The Hall–Kier alpha value is -1.56. The number of benzene rings is 1. The molecule has 86 valence electrons. The van der Waals surface area contributed by atoms with Crippen LogP contribution in [0.2, 0.25) is 0 Å². The largest absolute Gasteiger partial charge is 0.0804 e. The first-order chi connectivity index (χ1) is 8.19. The highest BCUT2D eigenvalue weighted by Crippen LogP contribution is 2.48. The van der Waals surface area contributed by atoms with E-state index in [0.29, 0.717) is 5.92 Å². The summed E-state index contributed by atoms with van der Waals surface area (Å²) in [6.45, 7) is 4.73. The van der Waals surface area contributed by atoms with Crippen LogP contribution in [0.1, 0.15) is 37.3 Å². The summed E-state index contributed by atoms with van der Waals surface area (Å²) < 4.78 is 0. The molecule has 1 unspecified atom stereocenters. The van der Waals surface area contributed by atoms with Crippen LogP contribution in [0, 0.1) is 5.41 Å². The molecule has 0 spiro atoms. The summed E-state index contributed by atoms with van der Waals surface area (Å²) >= 11 is 0. The van der Waals surface area contributed by atoms with E-state index in [4.69, 9.17) is 0 Å². The maximum Gasteiger partial charge on any atom is 0.0116 e. The van der Waals surface area contributed by atoms with Gasteiger partial charge in [-0.3, -0.25) is 0 Å². The Morgan fingerprint density at radius 2 is 2.00 bits per heavy atom. The number of allylic oxidation sites excluding steroid dienone is 5. The van der Waals surface area contributed by atoms with Crippen molar-refractivity contribution in [2.45, 2.75) is 26.2 Å². The van der Waals surface area contributed by atoms with Gasteiger partial charge in [0.05, 0.1) is 0 Å². The first-order valence-electron chi connectivity index (χ1n) is 6.33. The lowest BCUT2D eigenvalue weighted by Gasteiger charge is -2.33. The van der Waals surface area contributed by atoms with Gasteiger partial charge < -0.3 is 0 Å². The van der Waals surface area contributed by atoms with Gasteiger partial charge in [-0.25, -0.2) is 0 Å². The molecular weight excluding hydrogens is 204 g/mol. The van der Waals surface area contributed by atoms with E-state index in [9.17, 15) is 0 Å². The van der Waals surface area contributed by atoms with E-state index in [1.54, 1.807) is 5.57 Å². The average molecular weight is 222 g/mol. The van der Waals surface area contributed by atoms with Crippen molar-refractivity contribution < 1.29 is 0 Å². The minimum absolute atomic E-state index is 0.215. The van der Waals surface area contributed by atoms with E-state index in [1.807, 2.05) is 0 Å². The van der Waals surface area contributed by atoms with Crippen molar-refractivity contribution in [2.75, 3.05) is 0 Å². The van der Waals surface area contributed by atoms with Crippen LogP contribution in [-0.2, 0) is 0 Å². The third-order valence-electron chi connectivity index (χ3n) is 4.18. The molecule has 0 heteroatoms. The minimum atomic E-state index is 0.215. The molecule has 2 aliphatic rings. The summed E-state index contributed by atoms with van der Waals surface area (Å²) in [6, 6.07) is 8.75. The van der Waals surface area contributed by atoms with E-state index in [1.165, 1.54) is 11.1 Å². The molecule has 0 aromatic heterocycles. The molecule has 17 heavy (non-hydrogen) atoms. The molecule has 0 heterocycles. The molecule has 0 nitrogen and oxygen atoms in total. The zero-order chi connectivity index (χ0) is 11.9. The Balaban J connectivity index is 1.99. The first kappa shape index (κ1) is 10.6. The fraction of sp³-hybridized carbons (Fsp3) is 0.294. The maximum atomic E-state index is 2.36. The first-order valence-corrected chi connectivity index (χ1v) is 6.33. The van der Waals surface area contributed by atoms with Crippen LogP contribution in [-0.4, -0.2) is 0 Å². The highest BCUT2D eigenvalue weighted by Gasteiger charge is 2.35. The van der Waals surface area contributed by atoms with Crippen LogP contribution in [0.5, 0.6) is 0 Å². The van der Waals surface area contributed by atoms with Crippen LogP contribution in [0.25, 0.3) is 6.08 Å². The molecule has 0 amide bonds.